The predicted molar refractivity (Wildman–Crippen MR) is 307 cm³/mol. The van der Waals surface area contributed by atoms with Crippen LogP contribution in [0.3, 0.4) is 0 Å². The third-order valence-electron chi connectivity index (χ3n) is 14.9. The maximum Gasteiger partial charge on any atom is 0.147 e. The van der Waals surface area contributed by atoms with Crippen molar-refractivity contribution in [3.8, 4) is 44.8 Å². The number of nitrogens with zero attached hydrogens (tertiary/aromatic N) is 4. The second-order valence-corrected chi connectivity index (χ2v) is 19.2. The highest BCUT2D eigenvalue weighted by molar-refractivity contribution is 6.16. The fourth-order valence-corrected chi connectivity index (χ4v) is 11.3. The van der Waals surface area contributed by atoms with Crippen molar-refractivity contribution in [3.05, 3.63) is 284 Å². The van der Waals surface area contributed by atoms with Crippen molar-refractivity contribution in [2.45, 2.75) is 6.17 Å². The number of allylic oxidation sites excluding steroid dienone is 1. The Morgan fingerprint density at radius 1 is 0.315 bits per heavy atom. The first-order valence-electron chi connectivity index (χ1n) is 25.1. The van der Waals surface area contributed by atoms with Crippen LogP contribution < -0.4 is 0 Å². The monoisotopic (exact) mass is 932 g/mol. The third kappa shape index (κ3) is 7.34. The number of aromatic nitrogens is 2. The van der Waals surface area contributed by atoms with E-state index < -0.39 is 0 Å². The molecule has 14 rings (SSSR count). The highest BCUT2D eigenvalue weighted by Gasteiger charge is 2.26. The molecule has 0 spiro atoms. The van der Waals surface area contributed by atoms with E-state index in [2.05, 4.69) is 288 Å². The zero-order valence-electron chi connectivity index (χ0n) is 40.3. The van der Waals surface area contributed by atoms with E-state index in [0.29, 0.717) is 0 Å². The van der Waals surface area contributed by atoms with Gasteiger partial charge in [0.2, 0.25) is 0 Å². The molecule has 1 aliphatic heterocycles. The van der Waals surface area contributed by atoms with E-state index in [0.717, 1.165) is 50.5 Å². The smallest absolute Gasteiger partial charge is 0.147 e. The van der Waals surface area contributed by atoms with Gasteiger partial charge in [0, 0.05) is 51.2 Å². The number of fused-ring (bicyclic) bond motifs is 7. The van der Waals surface area contributed by atoms with Gasteiger partial charge in [0.25, 0.3) is 0 Å². The number of benzene rings is 11. The lowest BCUT2D eigenvalue weighted by molar-refractivity contribution is 0.364. The lowest BCUT2D eigenvalue weighted by Gasteiger charge is -2.34. The molecule has 1 aliphatic rings. The highest BCUT2D eigenvalue weighted by atomic mass is 15.2. The van der Waals surface area contributed by atoms with Crippen molar-refractivity contribution in [2.24, 2.45) is 4.99 Å². The van der Waals surface area contributed by atoms with Gasteiger partial charge in [-0.05, 0) is 128 Å². The molecule has 0 bridgehead atoms. The minimum absolute atomic E-state index is 0.210. The first kappa shape index (κ1) is 42.4. The highest BCUT2D eigenvalue weighted by Crippen LogP contribution is 2.41. The molecular weight excluding hydrogens is 885 g/mol. The summed E-state index contributed by atoms with van der Waals surface area (Å²) in [6.45, 7) is 0. The molecule has 1 atom stereocenters. The van der Waals surface area contributed by atoms with Crippen molar-refractivity contribution in [1.29, 1.82) is 0 Å². The van der Waals surface area contributed by atoms with Crippen molar-refractivity contribution < 1.29 is 0 Å². The average molecular weight is 933 g/mol. The summed E-state index contributed by atoms with van der Waals surface area (Å²) in [6, 6.07) is 94.9. The number of hydrogen-bond acceptors (Lipinski definition) is 2. The van der Waals surface area contributed by atoms with Crippen molar-refractivity contribution in [3.63, 3.8) is 0 Å². The quantitative estimate of drug-likeness (QED) is 0.149. The fraction of sp³-hybridized carbons (Fsp3) is 0.0290. The summed E-state index contributed by atoms with van der Waals surface area (Å²) in [6.07, 6.45) is 2.05. The Morgan fingerprint density at radius 3 is 1.58 bits per heavy atom. The van der Waals surface area contributed by atoms with Crippen molar-refractivity contribution in [1.82, 2.24) is 14.0 Å². The Labute approximate surface area is 424 Å². The van der Waals surface area contributed by atoms with E-state index in [9.17, 15) is 0 Å². The number of hydrogen-bond donors (Lipinski definition) is 0. The van der Waals surface area contributed by atoms with Crippen LogP contribution in [0.25, 0.3) is 105 Å². The molecule has 2 aromatic heterocycles. The van der Waals surface area contributed by atoms with Crippen LogP contribution in [0.15, 0.2) is 272 Å². The predicted octanol–water partition coefficient (Wildman–Crippen LogP) is 17.5. The van der Waals surface area contributed by atoms with E-state index in [1.807, 2.05) is 0 Å². The van der Waals surface area contributed by atoms with Gasteiger partial charge in [-0.3, -0.25) is 4.99 Å². The van der Waals surface area contributed by atoms with E-state index in [4.69, 9.17) is 4.99 Å². The molecule has 73 heavy (non-hydrogen) atoms. The standard InChI is InChI=1S/C69H48N4/c1-71-67(49-33-31-48(32-34-49)46-17-5-2-6-18-46)45-63(70-69(71)50-21-9-4-10-22-50)56-27-16-28-57(40-56)72-65-37-35-55(52-26-15-25-51(39-52)47-19-7-3-8-20-47)42-61(65)62-44-58(36-38-66(62)72)73-64-30-14-13-29-59(64)60-41-53-23-11-12-24-54(53)43-68(60)73/h2-45,69H,1H3. The minimum Gasteiger partial charge on any atom is -0.349 e. The van der Waals surface area contributed by atoms with Crippen LogP contribution in [-0.4, -0.2) is 26.8 Å². The molecule has 0 amide bonds. The Kier molecular flexibility index (Phi) is 10.1. The number of aliphatic imine (C=N–C) groups is 1. The SMILES string of the molecule is CN1C(c2ccc(-c3ccccc3)cc2)=CC(c2cccc(-n3c4ccc(-c5cccc(-c6ccccc6)c5)cc4c4cc(-n5c6ccccc6c6cc7ccccc7cc65)ccc43)c2)=NC1c1ccccc1. The normalized spacial score (nSPS) is 13.8. The molecule has 0 radical (unpaired) electrons. The van der Waals surface area contributed by atoms with Crippen LogP contribution in [0.1, 0.15) is 22.9 Å². The molecule has 4 nitrogen and oxygen atoms in total. The summed E-state index contributed by atoms with van der Waals surface area (Å²) in [7, 11) is 2.16. The molecule has 344 valence electrons. The summed E-state index contributed by atoms with van der Waals surface area (Å²) < 4.78 is 4.90. The lowest BCUT2D eigenvalue weighted by atomic mass is 9.98. The topological polar surface area (TPSA) is 25.5 Å². The van der Waals surface area contributed by atoms with Crippen LogP contribution >= 0.6 is 0 Å². The molecule has 0 saturated carbocycles. The molecule has 0 fully saturated rings. The Morgan fingerprint density at radius 2 is 0.808 bits per heavy atom. The first-order valence-corrected chi connectivity index (χ1v) is 25.1. The maximum atomic E-state index is 5.53. The Bertz CT molecular complexity index is 4310. The van der Waals surface area contributed by atoms with Gasteiger partial charge in [0.05, 0.1) is 27.8 Å². The third-order valence-corrected chi connectivity index (χ3v) is 14.9. The van der Waals surface area contributed by atoms with Crippen LogP contribution in [0.4, 0.5) is 0 Å². The van der Waals surface area contributed by atoms with Crippen molar-refractivity contribution >= 4 is 65.8 Å². The first-order chi connectivity index (χ1) is 36.1. The second kappa shape index (κ2) is 17.4. The maximum absolute atomic E-state index is 5.53. The van der Waals surface area contributed by atoms with Gasteiger partial charge < -0.3 is 14.0 Å². The largest absolute Gasteiger partial charge is 0.349 e. The van der Waals surface area contributed by atoms with E-state index >= 15 is 0 Å². The molecule has 3 heterocycles. The lowest BCUT2D eigenvalue weighted by Crippen LogP contribution is -2.27. The molecular formula is C69H48N4. The van der Waals surface area contributed by atoms with E-state index in [1.54, 1.807) is 0 Å². The summed E-state index contributed by atoms with van der Waals surface area (Å²) in [5, 5.41) is 7.35. The summed E-state index contributed by atoms with van der Waals surface area (Å²) >= 11 is 0. The van der Waals surface area contributed by atoms with Gasteiger partial charge in [0.1, 0.15) is 6.17 Å². The molecule has 0 saturated heterocycles. The summed E-state index contributed by atoms with van der Waals surface area (Å²) in [4.78, 5) is 7.83. The molecule has 0 aliphatic carbocycles. The van der Waals surface area contributed by atoms with Crippen LogP contribution in [0.5, 0.6) is 0 Å². The van der Waals surface area contributed by atoms with Gasteiger partial charge >= 0.3 is 0 Å². The van der Waals surface area contributed by atoms with Crippen LogP contribution in [-0.2, 0) is 0 Å². The molecule has 13 aromatic rings. The molecule has 4 heteroatoms. The van der Waals surface area contributed by atoms with Crippen LogP contribution in [0, 0.1) is 0 Å². The molecule has 0 N–H and O–H groups in total. The van der Waals surface area contributed by atoms with E-state index in [1.165, 1.54) is 76.7 Å². The number of rotatable bonds is 8. The Balaban J connectivity index is 0.948. The van der Waals surface area contributed by atoms with Gasteiger partial charge in [-0.15, -0.1) is 0 Å². The summed E-state index contributed by atoms with van der Waals surface area (Å²) in [5.41, 5.74) is 19.4. The zero-order valence-corrected chi connectivity index (χ0v) is 40.3. The van der Waals surface area contributed by atoms with Gasteiger partial charge in [-0.1, -0.05) is 194 Å². The average Bonchev–Trinajstić information content (AvgIpc) is 3.96. The minimum atomic E-state index is -0.210. The zero-order chi connectivity index (χ0) is 48.4. The number of para-hydroxylation sites is 1. The second-order valence-electron chi connectivity index (χ2n) is 19.2. The fourth-order valence-electron chi connectivity index (χ4n) is 11.3. The van der Waals surface area contributed by atoms with E-state index in [-0.39, 0.29) is 6.17 Å². The van der Waals surface area contributed by atoms with Crippen LogP contribution in [0.2, 0.25) is 0 Å². The van der Waals surface area contributed by atoms with Gasteiger partial charge in [-0.2, -0.15) is 0 Å². The van der Waals surface area contributed by atoms with Gasteiger partial charge in [0.15, 0.2) is 0 Å². The summed E-state index contributed by atoms with van der Waals surface area (Å²) in [5.74, 6) is 0. The van der Waals surface area contributed by atoms with Crippen molar-refractivity contribution in [2.75, 3.05) is 7.05 Å². The molecule has 11 aromatic carbocycles. The Hall–Kier alpha value is -9.51. The van der Waals surface area contributed by atoms with Gasteiger partial charge in [-0.25, -0.2) is 0 Å². The molecule has 1 unspecified atom stereocenters.